The third-order valence-corrected chi connectivity index (χ3v) is 4.55. The van der Waals surface area contributed by atoms with Crippen LogP contribution in [-0.2, 0) is 9.59 Å². The molecule has 8 nitrogen and oxygen atoms in total. The van der Waals surface area contributed by atoms with Gasteiger partial charge in [0.2, 0.25) is 11.9 Å². The lowest BCUT2D eigenvalue weighted by Crippen LogP contribution is -2.23. The first-order valence-corrected chi connectivity index (χ1v) is 8.88. The van der Waals surface area contributed by atoms with Gasteiger partial charge in [0.25, 0.3) is 5.91 Å². The molecule has 2 N–H and O–H groups in total. The molecule has 28 heavy (non-hydrogen) atoms. The zero-order chi connectivity index (χ0) is 19.7. The molecule has 0 saturated carbocycles. The van der Waals surface area contributed by atoms with E-state index in [-0.39, 0.29) is 18.2 Å². The molecule has 1 atom stereocenters. The second-order valence-corrected chi connectivity index (χ2v) is 6.64. The van der Waals surface area contributed by atoms with Crippen molar-refractivity contribution in [1.29, 1.82) is 0 Å². The Morgan fingerprint density at radius 2 is 2.07 bits per heavy atom. The average molecular weight is 398 g/mol. The van der Waals surface area contributed by atoms with Crippen molar-refractivity contribution in [2.45, 2.75) is 12.5 Å². The summed E-state index contributed by atoms with van der Waals surface area (Å²) in [7, 11) is 1.55. The summed E-state index contributed by atoms with van der Waals surface area (Å²) in [5, 5.41) is 10.4. The van der Waals surface area contributed by atoms with Crippen LogP contribution >= 0.6 is 11.6 Å². The number of hydrogen-bond acceptors (Lipinski definition) is 5. The summed E-state index contributed by atoms with van der Waals surface area (Å²) in [6.45, 7) is 0. The minimum absolute atomic E-state index is 0.0700. The summed E-state index contributed by atoms with van der Waals surface area (Å²) in [6, 6.07) is 13.3. The number of amides is 2. The molecule has 1 aliphatic rings. The monoisotopic (exact) mass is 397 g/mol. The fourth-order valence-corrected chi connectivity index (χ4v) is 3.05. The fourth-order valence-electron chi connectivity index (χ4n) is 2.92. The van der Waals surface area contributed by atoms with Crippen molar-refractivity contribution < 1.29 is 14.3 Å². The zero-order valence-corrected chi connectivity index (χ0v) is 15.6. The van der Waals surface area contributed by atoms with Crippen LogP contribution in [0.1, 0.15) is 12.5 Å². The van der Waals surface area contributed by atoms with Crippen molar-refractivity contribution in [2.75, 3.05) is 17.7 Å². The minimum Gasteiger partial charge on any atom is -0.497 e. The van der Waals surface area contributed by atoms with Crippen LogP contribution < -0.4 is 15.4 Å². The Morgan fingerprint density at radius 3 is 2.82 bits per heavy atom. The first kappa shape index (κ1) is 18.0. The van der Waals surface area contributed by atoms with E-state index in [1.54, 1.807) is 55.6 Å². The van der Waals surface area contributed by atoms with Gasteiger partial charge in [-0.05, 0) is 36.4 Å². The second kappa shape index (κ2) is 7.32. The van der Waals surface area contributed by atoms with Crippen molar-refractivity contribution >= 4 is 35.1 Å². The van der Waals surface area contributed by atoms with E-state index in [0.717, 1.165) is 5.56 Å². The molecular weight excluding hydrogens is 382 g/mol. The minimum atomic E-state index is -0.769. The molecule has 0 fully saturated rings. The maximum Gasteiger partial charge on any atom is 0.252 e. The van der Waals surface area contributed by atoms with Crippen LogP contribution in [0.15, 0.2) is 48.5 Å². The Balaban J connectivity index is 1.51. The highest BCUT2D eigenvalue weighted by molar-refractivity contribution is 6.30. The van der Waals surface area contributed by atoms with Gasteiger partial charge < -0.3 is 10.1 Å². The molecule has 0 bridgehead atoms. The SMILES string of the molecule is COc1cccc(NC(=O)C[C@H]2C(=O)Nc3nc(-c4ccc(Cl)cc4)nn32)c1. The van der Waals surface area contributed by atoms with Crippen LogP contribution in [0.25, 0.3) is 11.4 Å². The molecule has 9 heteroatoms. The topological polar surface area (TPSA) is 98.1 Å². The van der Waals surface area contributed by atoms with Crippen LogP contribution in [0.2, 0.25) is 5.02 Å². The van der Waals surface area contributed by atoms with Crippen molar-refractivity contribution in [1.82, 2.24) is 14.8 Å². The maximum absolute atomic E-state index is 12.4. The molecule has 2 heterocycles. The highest BCUT2D eigenvalue weighted by atomic mass is 35.5. The van der Waals surface area contributed by atoms with Gasteiger partial charge >= 0.3 is 0 Å². The predicted octanol–water partition coefficient (Wildman–Crippen LogP) is 3.13. The number of nitrogens with zero attached hydrogens (tertiary/aromatic N) is 3. The maximum atomic E-state index is 12.4. The van der Waals surface area contributed by atoms with Gasteiger partial charge in [-0.15, -0.1) is 5.10 Å². The molecule has 142 valence electrons. The Bertz CT molecular complexity index is 1050. The standard InChI is InChI=1S/C19H16ClN5O3/c1-28-14-4-2-3-13(9-14)21-16(26)10-15-18(27)23-19-22-17(24-25(15)19)11-5-7-12(20)8-6-11/h2-9,15H,10H2,1H3,(H,21,26)(H,22,23,24,27)/t15-/m0/s1. The Kier molecular flexibility index (Phi) is 4.70. The van der Waals surface area contributed by atoms with E-state index in [9.17, 15) is 9.59 Å². The first-order valence-electron chi connectivity index (χ1n) is 8.51. The number of carbonyl (C=O) groups is 2. The molecule has 0 radical (unpaired) electrons. The van der Waals surface area contributed by atoms with E-state index in [0.29, 0.717) is 28.2 Å². The molecule has 3 aromatic rings. The van der Waals surface area contributed by atoms with E-state index in [1.807, 2.05) is 0 Å². The van der Waals surface area contributed by atoms with Crippen LogP contribution in [0.5, 0.6) is 5.75 Å². The van der Waals surface area contributed by atoms with Crippen molar-refractivity contribution in [3.05, 3.63) is 53.6 Å². The molecule has 1 aliphatic heterocycles. The van der Waals surface area contributed by atoms with Gasteiger partial charge in [-0.2, -0.15) is 4.98 Å². The van der Waals surface area contributed by atoms with Gasteiger partial charge in [0.1, 0.15) is 11.8 Å². The number of carbonyl (C=O) groups excluding carboxylic acids is 2. The molecule has 2 amide bonds. The summed E-state index contributed by atoms with van der Waals surface area (Å²) >= 11 is 5.90. The van der Waals surface area contributed by atoms with Crippen molar-refractivity contribution in [2.24, 2.45) is 0 Å². The van der Waals surface area contributed by atoms with Gasteiger partial charge in [-0.1, -0.05) is 17.7 Å². The number of hydrogen-bond donors (Lipinski definition) is 2. The van der Waals surface area contributed by atoms with Crippen molar-refractivity contribution in [3.63, 3.8) is 0 Å². The zero-order valence-electron chi connectivity index (χ0n) is 14.8. The highest BCUT2D eigenvalue weighted by Crippen LogP contribution is 2.29. The van der Waals surface area contributed by atoms with E-state index in [4.69, 9.17) is 16.3 Å². The molecule has 0 unspecified atom stereocenters. The summed E-state index contributed by atoms with van der Waals surface area (Å²) < 4.78 is 6.58. The third kappa shape index (κ3) is 3.54. The average Bonchev–Trinajstić information content (AvgIpc) is 3.21. The van der Waals surface area contributed by atoms with Crippen LogP contribution in [0.4, 0.5) is 11.6 Å². The third-order valence-electron chi connectivity index (χ3n) is 4.30. The number of rotatable bonds is 5. The van der Waals surface area contributed by atoms with Gasteiger partial charge in [0.05, 0.1) is 13.5 Å². The van der Waals surface area contributed by atoms with Gasteiger partial charge in [-0.3, -0.25) is 14.9 Å². The number of anilines is 2. The number of fused-ring (bicyclic) bond motifs is 1. The number of halogens is 1. The Hall–Kier alpha value is -3.39. The smallest absolute Gasteiger partial charge is 0.252 e. The molecule has 2 aromatic carbocycles. The van der Waals surface area contributed by atoms with E-state index in [2.05, 4.69) is 20.7 Å². The molecular formula is C19H16ClN5O3. The molecule has 0 aliphatic carbocycles. The Labute approximate surface area is 165 Å². The fraction of sp³-hybridized carbons (Fsp3) is 0.158. The van der Waals surface area contributed by atoms with Gasteiger partial charge in [0.15, 0.2) is 5.82 Å². The van der Waals surface area contributed by atoms with Crippen molar-refractivity contribution in [3.8, 4) is 17.1 Å². The van der Waals surface area contributed by atoms with Gasteiger partial charge in [-0.25, -0.2) is 4.68 Å². The van der Waals surface area contributed by atoms with E-state index < -0.39 is 6.04 Å². The highest BCUT2D eigenvalue weighted by Gasteiger charge is 2.35. The van der Waals surface area contributed by atoms with Crippen LogP contribution in [0, 0.1) is 0 Å². The molecule has 0 spiro atoms. The van der Waals surface area contributed by atoms with Crippen LogP contribution in [-0.4, -0.2) is 33.7 Å². The van der Waals surface area contributed by atoms with Gasteiger partial charge in [0, 0.05) is 22.3 Å². The summed E-state index contributed by atoms with van der Waals surface area (Å²) in [5.41, 5.74) is 1.35. The number of nitrogens with one attached hydrogen (secondary N) is 2. The summed E-state index contributed by atoms with van der Waals surface area (Å²) in [4.78, 5) is 29.0. The van der Waals surface area contributed by atoms with E-state index >= 15 is 0 Å². The Morgan fingerprint density at radius 1 is 1.29 bits per heavy atom. The number of aromatic nitrogens is 3. The number of methoxy groups -OCH3 is 1. The summed E-state index contributed by atoms with van der Waals surface area (Å²) in [6.07, 6.45) is -0.0700. The van der Waals surface area contributed by atoms with E-state index in [1.165, 1.54) is 4.68 Å². The lowest BCUT2D eigenvalue weighted by Gasteiger charge is -2.10. The second-order valence-electron chi connectivity index (χ2n) is 6.20. The number of ether oxygens (including phenoxy) is 1. The summed E-state index contributed by atoms with van der Waals surface area (Å²) in [5.74, 6) is 0.754. The largest absolute Gasteiger partial charge is 0.497 e. The molecule has 4 rings (SSSR count). The predicted molar refractivity (Wildman–Crippen MR) is 104 cm³/mol. The number of benzene rings is 2. The first-order chi connectivity index (χ1) is 13.5. The molecule has 0 saturated heterocycles. The lowest BCUT2D eigenvalue weighted by atomic mass is 10.2. The quantitative estimate of drug-likeness (QED) is 0.689. The lowest BCUT2D eigenvalue weighted by molar-refractivity contribution is -0.123. The normalized spacial score (nSPS) is 15.1. The molecule has 1 aromatic heterocycles. The van der Waals surface area contributed by atoms with Crippen LogP contribution in [0.3, 0.4) is 0 Å².